The van der Waals surface area contributed by atoms with Crippen LogP contribution in [-0.2, 0) is 9.59 Å². The Morgan fingerprint density at radius 2 is 1.50 bits per heavy atom. The molecule has 0 fully saturated rings. The molecule has 148 valence electrons. The normalized spacial score (nSPS) is 21.1. The minimum Gasteiger partial charge on any atom is -0.426 e. The van der Waals surface area contributed by atoms with Crippen LogP contribution in [0, 0.1) is 5.92 Å². The number of hydrazine groups is 1. The zero-order valence-electron chi connectivity index (χ0n) is 16.4. The molecule has 0 spiro atoms. The summed E-state index contributed by atoms with van der Waals surface area (Å²) in [5, 5.41) is 3.45. The largest absolute Gasteiger partial charge is 0.426 e. The van der Waals surface area contributed by atoms with E-state index >= 15 is 0 Å². The Morgan fingerprint density at radius 3 is 1.96 bits per heavy atom. The maximum atomic E-state index is 13.5. The van der Waals surface area contributed by atoms with Gasteiger partial charge in [0.2, 0.25) is 0 Å². The van der Waals surface area contributed by atoms with Gasteiger partial charge in [-0.05, 0) is 25.5 Å². The molecule has 0 unspecified atom stereocenters. The van der Waals surface area contributed by atoms with E-state index in [1.807, 2.05) is 13.1 Å². The molecule has 0 bridgehead atoms. The highest BCUT2D eigenvalue weighted by atomic mass is 16.5. The number of allylic oxidation sites excluding steroid dienone is 1. The molecule has 28 heavy (non-hydrogen) atoms. The first-order valence-electron chi connectivity index (χ1n) is 8.87. The number of benzene rings is 1. The molecule has 8 nitrogen and oxygen atoms in total. The SMILES string of the molecule is CC(=O)Oc1ccc(OC(C)=O)c2c1C(=O)[C@@H]1[C@@H](CC(C)=CN1N(C)C)C2=O. The van der Waals surface area contributed by atoms with Crippen LogP contribution in [0.4, 0.5) is 0 Å². The Bertz CT molecular complexity index is 918. The summed E-state index contributed by atoms with van der Waals surface area (Å²) in [5.41, 5.74) is 0.915. The number of hydrogen-bond acceptors (Lipinski definition) is 8. The van der Waals surface area contributed by atoms with E-state index in [0.29, 0.717) is 6.42 Å². The third-order valence-electron chi connectivity index (χ3n) is 4.76. The zero-order valence-corrected chi connectivity index (χ0v) is 16.4. The van der Waals surface area contributed by atoms with Crippen LogP contribution in [0.15, 0.2) is 23.9 Å². The molecule has 8 heteroatoms. The Kier molecular flexibility index (Phi) is 5.08. The number of esters is 2. The number of nitrogens with zero attached hydrogens (tertiary/aromatic N) is 2. The molecule has 2 aliphatic rings. The molecule has 0 amide bonds. The van der Waals surface area contributed by atoms with Crippen LogP contribution in [0.5, 0.6) is 11.5 Å². The van der Waals surface area contributed by atoms with Crippen molar-refractivity contribution >= 4 is 23.5 Å². The third kappa shape index (κ3) is 3.31. The topological polar surface area (TPSA) is 93.2 Å². The molecule has 3 rings (SSSR count). The highest BCUT2D eigenvalue weighted by Gasteiger charge is 2.49. The standard InChI is InChI=1S/C20H22N2O6/c1-10-8-13-18(22(9-10)21(4)5)20(26)17-15(28-12(3)24)7-6-14(27-11(2)23)16(17)19(13)25/h6-7,9,13,18H,8H2,1-5H3/t13-,18+/m1/s1. The molecular formula is C20H22N2O6. The van der Waals surface area contributed by atoms with E-state index in [9.17, 15) is 19.2 Å². The highest BCUT2D eigenvalue weighted by Crippen LogP contribution is 2.43. The maximum Gasteiger partial charge on any atom is 0.308 e. The van der Waals surface area contributed by atoms with Crippen LogP contribution in [0.3, 0.4) is 0 Å². The lowest BCUT2D eigenvalue weighted by Crippen LogP contribution is -2.56. The lowest BCUT2D eigenvalue weighted by Gasteiger charge is -2.44. The van der Waals surface area contributed by atoms with Crippen LogP contribution in [0.1, 0.15) is 47.9 Å². The lowest BCUT2D eigenvalue weighted by molar-refractivity contribution is -0.133. The van der Waals surface area contributed by atoms with Gasteiger partial charge in [-0.25, -0.2) is 5.01 Å². The predicted octanol–water partition coefficient (Wildman–Crippen LogP) is 1.99. The molecule has 1 aliphatic heterocycles. The lowest BCUT2D eigenvalue weighted by atomic mass is 9.73. The van der Waals surface area contributed by atoms with Crippen LogP contribution in [0.2, 0.25) is 0 Å². The van der Waals surface area contributed by atoms with E-state index in [0.717, 1.165) is 5.57 Å². The Hall–Kier alpha value is -3.00. The molecular weight excluding hydrogens is 364 g/mol. The van der Waals surface area contributed by atoms with Gasteiger partial charge in [0.05, 0.1) is 17.0 Å². The molecule has 1 aromatic rings. The van der Waals surface area contributed by atoms with Crippen LogP contribution < -0.4 is 9.47 Å². The fraction of sp³-hybridized carbons (Fsp3) is 0.400. The summed E-state index contributed by atoms with van der Waals surface area (Å²) < 4.78 is 10.4. The van der Waals surface area contributed by atoms with Crippen molar-refractivity contribution < 1.29 is 28.7 Å². The van der Waals surface area contributed by atoms with Crippen molar-refractivity contribution in [2.45, 2.75) is 33.2 Å². The molecule has 0 radical (unpaired) electrons. The van der Waals surface area contributed by atoms with E-state index in [1.54, 1.807) is 24.1 Å². The van der Waals surface area contributed by atoms with Gasteiger partial charge in [0.25, 0.3) is 0 Å². The van der Waals surface area contributed by atoms with Crippen molar-refractivity contribution in [3.05, 3.63) is 35.0 Å². The van der Waals surface area contributed by atoms with E-state index in [4.69, 9.17) is 9.47 Å². The molecule has 0 aromatic heterocycles. The number of Topliss-reactive ketones (excluding diaryl/α,β-unsaturated/α-hetero) is 2. The van der Waals surface area contributed by atoms with Gasteiger partial charge in [0.15, 0.2) is 11.6 Å². The molecule has 0 N–H and O–H groups in total. The predicted molar refractivity (Wildman–Crippen MR) is 98.9 cm³/mol. The minimum absolute atomic E-state index is 0.00110. The van der Waals surface area contributed by atoms with Gasteiger partial charge in [-0.3, -0.25) is 19.2 Å². The van der Waals surface area contributed by atoms with Crippen LogP contribution in [-0.4, -0.2) is 53.7 Å². The number of fused-ring (bicyclic) bond motifs is 2. The number of ether oxygens (including phenoxy) is 2. The first kappa shape index (κ1) is 19.8. The monoisotopic (exact) mass is 386 g/mol. The quantitative estimate of drug-likeness (QED) is 0.575. The van der Waals surface area contributed by atoms with Gasteiger partial charge < -0.3 is 14.5 Å². The Labute approximate surface area is 162 Å². The third-order valence-corrected chi connectivity index (χ3v) is 4.76. The van der Waals surface area contributed by atoms with E-state index in [1.165, 1.54) is 26.0 Å². The molecule has 2 atom stereocenters. The zero-order chi connectivity index (χ0) is 20.7. The number of ketones is 2. The summed E-state index contributed by atoms with van der Waals surface area (Å²) in [5.74, 6) is -2.55. The number of carbonyl (C=O) groups is 4. The molecule has 1 aliphatic carbocycles. The highest BCUT2D eigenvalue weighted by molar-refractivity contribution is 6.20. The second-order valence-corrected chi connectivity index (χ2v) is 7.19. The maximum absolute atomic E-state index is 13.5. The number of hydrogen-bond donors (Lipinski definition) is 0. The fourth-order valence-corrected chi connectivity index (χ4v) is 3.77. The fourth-order valence-electron chi connectivity index (χ4n) is 3.77. The molecule has 0 saturated heterocycles. The van der Waals surface area contributed by atoms with Gasteiger partial charge in [-0.15, -0.1) is 0 Å². The molecule has 1 aromatic carbocycles. The summed E-state index contributed by atoms with van der Waals surface area (Å²) in [4.78, 5) is 49.9. The van der Waals surface area contributed by atoms with Crippen molar-refractivity contribution in [3.8, 4) is 11.5 Å². The van der Waals surface area contributed by atoms with Crippen molar-refractivity contribution in [3.63, 3.8) is 0 Å². The van der Waals surface area contributed by atoms with Crippen molar-refractivity contribution in [2.75, 3.05) is 14.1 Å². The average Bonchev–Trinajstić information content (AvgIpc) is 2.58. The Balaban J connectivity index is 2.24. The second-order valence-electron chi connectivity index (χ2n) is 7.19. The van der Waals surface area contributed by atoms with Crippen LogP contribution >= 0.6 is 0 Å². The minimum atomic E-state index is -0.763. The van der Waals surface area contributed by atoms with E-state index < -0.39 is 23.9 Å². The van der Waals surface area contributed by atoms with E-state index in [2.05, 4.69) is 0 Å². The molecule has 0 saturated carbocycles. The summed E-state index contributed by atoms with van der Waals surface area (Å²) in [7, 11) is 3.56. The smallest absolute Gasteiger partial charge is 0.308 e. The van der Waals surface area contributed by atoms with Gasteiger partial charge in [-0.2, -0.15) is 0 Å². The Morgan fingerprint density at radius 1 is 1.00 bits per heavy atom. The number of rotatable bonds is 3. The van der Waals surface area contributed by atoms with Gasteiger partial charge in [0.1, 0.15) is 17.5 Å². The van der Waals surface area contributed by atoms with Gasteiger partial charge >= 0.3 is 11.9 Å². The van der Waals surface area contributed by atoms with Crippen molar-refractivity contribution in [2.24, 2.45) is 5.92 Å². The van der Waals surface area contributed by atoms with Gasteiger partial charge in [0, 0.05) is 34.1 Å². The van der Waals surface area contributed by atoms with E-state index in [-0.39, 0.29) is 34.2 Å². The first-order valence-corrected chi connectivity index (χ1v) is 8.87. The van der Waals surface area contributed by atoms with Gasteiger partial charge in [-0.1, -0.05) is 5.57 Å². The number of carbonyl (C=O) groups excluding carboxylic acids is 4. The summed E-state index contributed by atoms with van der Waals surface area (Å²) in [6.45, 7) is 4.32. The second kappa shape index (κ2) is 7.20. The van der Waals surface area contributed by atoms with Crippen molar-refractivity contribution in [1.29, 1.82) is 0 Å². The summed E-state index contributed by atoms with van der Waals surface area (Å²) in [6.07, 6.45) is 2.25. The first-order chi connectivity index (χ1) is 13.1. The molecule has 1 heterocycles. The summed E-state index contributed by atoms with van der Waals surface area (Å²) >= 11 is 0. The van der Waals surface area contributed by atoms with Crippen LogP contribution in [0.25, 0.3) is 0 Å². The van der Waals surface area contributed by atoms with Crippen molar-refractivity contribution in [1.82, 2.24) is 10.0 Å². The summed E-state index contributed by atoms with van der Waals surface area (Å²) in [6, 6.07) is 1.98. The average molecular weight is 386 g/mol.